The highest BCUT2D eigenvalue weighted by molar-refractivity contribution is 6.29. The number of amides is 1. The molecule has 1 aromatic carbocycles. The maximum Gasteiger partial charge on any atom is 0.415 e. The lowest BCUT2D eigenvalue weighted by atomic mass is 10.1. The molecule has 136 valence electrons. The molecule has 0 spiro atoms. The van der Waals surface area contributed by atoms with E-state index in [4.69, 9.17) is 25.8 Å². The zero-order valence-electron chi connectivity index (χ0n) is 14.1. The van der Waals surface area contributed by atoms with Gasteiger partial charge < -0.3 is 19.1 Å². The molecule has 1 aromatic heterocycles. The van der Waals surface area contributed by atoms with Crippen molar-refractivity contribution in [3.8, 4) is 17.4 Å². The SMILES string of the molecule is O=C(Oc1cc(Cl)nnc1Oc1ccccc1C1CC1)N1CCOCC1. The molecule has 26 heavy (non-hydrogen) atoms. The van der Waals surface area contributed by atoms with Gasteiger partial charge in [0.25, 0.3) is 5.88 Å². The van der Waals surface area contributed by atoms with Crippen molar-refractivity contribution < 1.29 is 19.0 Å². The Balaban J connectivity index is 1.56. The molecule has 2 aliphatic rings. The van der Waals surface area contributed by atoms with Gasteiger partial charge in [-0.25, -0.2) is 4.79 Å². The van der Waals surface area contributed by atoms with Crippen molar-refractivity contribution in [1.29, 1.82) is 0 Å². The lowest BCUT2D eigenvalue weighted by Crippen LogP contribution is -2.42. The smallest absolute Gasteiger partial charge is 0.415 e. The van der Waals surface area contributed by atoms with Crippen molar-refractivity contribution >= 4 is 17.7 Å². The Bertz CT molecular complexity index is 807. The molecule has 1 aliphatic heterocycles. The average molecular weight is 376 g/mol. The van der Waals surface area contributed by atoms with Crippen LogP contribution < -0.4 is 9.47 Å². The summed E-state index contributed by atoms with van der Waals surface area (Å²) in [6.07, 6.45) is 1.80. The Morgan fingerprint density at radius 1 is 1.15 bits per heavy atom. The second-order valence-corrected chi connectivity index (χ2v) is 6.61. The van der Waals surface area contributed by atoms with Crippen LogP contribution in [0.25, 0.3) is 0 Å². The summed E-state index contributed by atoms with van der Waals surface area (Å²) in [5, 5.41) is 7.90. The van der Waals surface area contributed by atoms with Crippen LogP contribution in [0.15, 0.2) is 30.3 Å². The molecule has 1 saturated carbocycles. The molecular weight excluding hydrogens is 358 g/mol. The third-order valence-electron chi connectivity index (χ3n) is 4.31. The Morgan fingerprint density at radius 3 is 2.69 bits per heavy atom. The van der Waals surface area contributed by atoms with Gasteiger partial charge in [-0.05, 0) is 30.4 Å². The molecule has 0 atom stereocenters. The maximum atomic E-state index is 12.4. The van der Waals surface area contributed by atoms with Crippen molar-refractivity contribution in [1.82, 2.24) is 15.1 Å². The number of rotatable bonds is 4. The first-order valence-corrected chi connectivity index (χ1v) is 8.93. The number of hydrogen-bond donors (Lipinski definition) is 0. The number of ether oxygens (including phenoxy) is 3. The van der Waals surface area contributed by atoms with E-state index in [2.05, 4.69) is 10.2 Å². The molecule has 1 amide bonds. The minimum Gasteiger partial charge on any atom is -0.435 e. The van der Waals surface area contributed by atoms with Crippen LogP contribution in [0.4, 0.5) is 4.79 Å². The van der Waals surface area contributed by atoms with Crippen molar-refractivity contribution in [2.75, 3.05) is 26.3 Å². The molecule has 0 bridgehead atoms. The lowest BCUT2D eigenvalue weighted by molar-refractivity contribution is 0.0413. The number of para-hydroxylation sites is 1. The predicted molar refractivity (Wildman–Crippen MR) is 93.9 cm³/mol. The van der Waals surface area contributed by atoms with Gasteiger partial charge in [0.1, 0.15) is 5.75 Å². The van der Waals surface area contributed by atoms with E-state index >= 15 is 0 Å². The second-order valence-electron chi connectivity index (χ2n) is 6.22. The molecule has 0 radical (unpaired) electrons. The largest absolute Gasteiger partial charge is 0.435 e. The summed E-state index contributed by atoms with van der Waals surface area (Å²) in [5.74, 6) is 1.46. The summed E-state index contributed by atoms with van der Waals surface area (Å²) in [5.41, 5.74) is 1.12. The van der Waals surface area contributed by atoms with Crippen LogP contribution in [-0.4, -0.2) is 47.5 Å². The molecule has 2 heterocycles. The number of morpholine rings is 1. The molecule has 1 saturated heterocycles. The molecule has 7 nitrogen and oxygen atoms in total. The second kappa shape index (κ2) is 7.47. The van der Waals surface area contributed by atoms with Gasteiger partial charge in [-0.2, -0.15) is 0 Å². The third-order valence-corrected chi connectivity index (χ3v) is 4.49. The number of benzene rings is 1. The minimum atomic E-state index is -0.488. The van der Waals surface area contributed by atoms with Crippen LogP contribution in [0.1, 0.15) is 24.3 Å². The number of halogens is 1. The molecule has 2 fully saturated rings. The van der Waals surface area contributed by atoms with E-state index in [9.17, 15) is 4.79 Å². The molecule has 0 N–H and O–H groups in total. The van der Waals surface area contributed by atoms with Crippen LogP contribution >= 0.6 is 11.6 Å². The summed E-state index contributed by atoms with van der Waals surface area (Å²) >= 11 is 5.93. The number of carbonyl (C=O) groups excluding carboxylic acids is 1. The van der Waals surface area contributed by atoms with Crippen LogP contribution in [0.5, 0.6) is 17.4 Å². The fourth-order valence-corrected chi connectivity index (χ4v) is 2.94. The van der Waals surface area contributed by atoms with Crippen molar-refractivity contribution in [2.45, 2.75) is 18.8 Å². The number of nitrogens with zero attached hydrogens (tertiary/aromatic N) is 3. The first-order chi connectivity index (χ1) is 12.7. The minimum absolute atomic E-state index is 0.115. The van der Waals surface area contributed by atoms with Crippen molar-refractivity contribution in [3.05, 3.63) is 41.0 Å². The fraction of sp³-hybridized carbons (Fsp3) is 0.389. The molecular formula is C18H18ClN3O4. The highest BCUT2D eigenvalue weighted by atomic mass is 35.5. The quantitative estimate of drug-likeness (QED) is 0.812. The Labute approximate surface area is 155 Å². The Morgan fingerprint density at radius 2 is 1.92 bits per heavy atom. The van der Waals surface area contributed by atoms with Gasteiger partial charge in [0.05, 0.1) is 13.2 Å². The lowest BCUT2D eigenvalue weighted by Gasteiger charge is -2.26. The monoisotopic (exact) mass is 375 g/mol. The highest BCUT2D eigenvalue weighted by Crippen LogP contribution is 2.45. The molecule has 8 heteroatoms. The van der Waals surface area contributed by atoms with E-state index in [0.29, 0.717) is 38.0 Å². The topological polar surface area (TPSA) is 73.8 Å². The number of carbonyl (C=O) groups is 1. The van der Waals surface area contributed by atoms with E-state index in [1.54, 1.807) is 4.90 Å². The standard InChI is InChI=1S/C18H18ClN3O4/c19-16-11-15(26-18(23)22-7-9-24-10-8-22)17(21-20-16)25-14-4-2-1-3-13(14)12-5-6-12/h1-4,11-12H,5-10H2. The third kappa shape index (κ3) is 3.89. The molecule has 1 aliphatic carbocycles. The summed E-state index contributed by atoms with van der Waals surface area (Å²) < 4.78 is 16.7. The van der Waals surface area contributed by atoms with Gasteiger partial charge in [-0.3, -0.25) is 0 Å². The zero-order chi connectivity index (χ0) is 17.9. The van der Waals surface area contributed by atoms with Crippen LogP contribution in [0.3, 0.4) is 0 Å². The summed E-state index contributed by atoms with van der Waals surface area (Å²) in [6.45, 7) is 1.93. The van der Waals surface area contributed by atoms with Gasteiger partial charge in [-0.1, -0.05) is 29.8 Å². The number of aromatic nitrogens is 2. The number of hydrogen-bond acceptors (Lipinski definition) is 6. The van der Waals surface area contributed by atoms with Gasteiger partial charge in [0.2, 0.25) is 0 Å². The first kappa shape index (κ1) is 17.1. The fourth-order valence-electron chi connectivity index (χ4n) is 2.80. The normalized spacial score (nSPS) is 17.0. The van der Waals surface area contributed by atoms with Crippen LogP contribution in [0, 0.1) is 0 Å². The average Bonchev–Trinajstić information content (AvgIpc) is 3.50. The molecule has 2 aromatic rings. The van der Waals surface area contributed by atoms with Gasteiger partial charge in [0, 0.05) is 19.2 Å². The summed E-state index contributed by atoms with van der Waals surface area (Å²) in [4.78, 5) is 13.9. The van der Waals surface area contributed by atoms with Gasteiger partial charge in [0.15, 0.2) is 10.9 Å². The molecule has 0 unspecified atom stereocenters. The van der Waals surface area contributed by atoms with Gasteiger partial charge in [-0.15, -0.1) is 10.2 Å². The summed E-state index contributed by atoms with van der Waals surface area (Å²) in [7, 11) is 0. The summed E-state index contributed by atoms with van der Waals surface area (Å²) in [6, 6.07) is 9.21. The zero-order valence-corrected chi connectivity index (χ0v) is 14.8. The van der Waals surface area contributed by atoms with Crippen molar-refractivity contribution in [3.63, 3.8) is 0 Å². The maximum absolute atomic E-state index is 12.4. The van der Waals surface area contributed by atoms with Crippen LogP contribution in [0.2, 0.25) is 5.15 Å². The van der Waals surface area contributed by atoms with E-state index in [-0.39, 0.29) is 16.8 Å². The van der Waals surface area contributed by atoms with Crippen LogP contribution in [-0.2, 0) is 4.74 Å². The van der Waals surface area contributed by atoms with Crippen molar-refractivity contribution in [2.24, 2.45) is 0 Å². The first-order valence-electron chi connectivity index (χ1n) is 8.55. The van der Waals surface area contributed by atoms with E-state index < -0.39 is 6.09 Å². The Hall–Kier alpha value is -2.38. The van der Waals surface area contributed by atoms with E-state index in [0.717, 1.165) is 18.4 Å². The highest BCUT2D eigenvalue weighted by Gasteiger charge is 2.28. The van der Waals surface area contributed by atoms with Gasteiger partial charge >= 0.3 is 6.09 Å². The van der Waals surface area contributed by atoms with E-state index in [1.165, 1.54) is 6.07 Å². The molecule has 4 rings (SSSR count). The Kier molecular flexibility index (Phi) is 4.90. The van der Waals surface area contributed by atoms with E-state index in [1.807, 2.05) is 24.3 Å². The predicted octanol–water partition coefficient (Wildman–Crippen LogP) is 3.63.